The molecule has 2 N–H and O–H groups in total. The molecular formula is C14H25ClN4O. The zero-order valence-corrected chi connectivity index (χ0v) is 13.5. The average molecular weight is 301 g/mol. The monoisotopic (exact) mass is 300 g/mol. The fraction of sp³-hybridized carbons (Fsp3) is 0.714. The molecule has 1 aromatic heterocycles. The summed E-state index contributed by atoms with van der Waals surface area (Å²) < 4.78 is 0. The number of hydrogen-bond acceptors (Lipinski definition) is 3. The van der Waals surface area contributed by atoms with E-state index in [4.69, 9.17) is 0 Å². The standard InChI is InChI=1S/C14H24N4O.ClH/c1-14(2,3)12-8-11(16-17-12)13(19)18-7-5-6-10(9-18)15-4;/h8,10,15H,5-7,9H2,1-4H3,(H,16,17);1H. The van der Waals surface area contributed by atoms with E-state index in [-0.39, 0.29) is 23.7 Å². The second-order valence-electron chi connectivity index (χ2n) is 6.30. The first-order valence-corrected chi connectivity index (χ1v) is 6.94. The van der Waals surface area contributed by atoms with Gasteiger partial charge in [0.15, 0.2) is 0 Å². The fourth-order valence-corrected chi connectivity index (χ4v) is 2.37. The van der Waals surface area contributed by atoms with Crippen LogP contribution in [0.2, 0.25) is 0 Å². The number of halogens is 1. The molecule has 1 aliphatic heterocycles. The van der Waals surface area contributed by atoms with E-state index >= 15 is 0 Å². The van der Waals surface area contributed by atoms with Gasteiger partial charge in [0.2, 0.25) is 0 Å². The number of carbonyl (C=O) groups is 1. The second kappa shape index (κ2) is 6.59. The van der Waals surface area contributed by atoms with E-state index in [0.717, 1.165) is 31.6 Å². The molecular weight excluding hydrogens is 276 g/mol. The average Bonchev–Trinajstić information content (AvgIpc) is 2.87. The third kappa shape index (κ3) is 3.73. The van der Waals surface area contributed by atoms with Gasteiger partial charge >= 0.3 is 0 Å². The number of likely N-dealkylation sites (N-methyl/N-ethyl adjacent to an activating group) is 1. The molecule has 2 heterocycles. The van der Waals surface area contributed by atoms with E-state index in [2.05, 4.69) is 36.3 Å². The van der Waals surface area contributed by atoms with Crippen LogP contribution in [-0.2, 0) is 5.41 Å². The number of H-pyrrole nitrogens is 1. The van der Waals surface area contributed by atoms with Gasteiger partial charge in [0.25, 0.3) is 5.91 Å². The summed E-state index contributed by atoms with van der Waals surface area (Å²) in [4.78, 5) is 14.3. The Hall–Kier alpha value is -1.07. The third-order valence-corrected chi connectivity index (χ3v) is 3.72. The Labute approximate surface area is 126 Å². The molecule has 0 spiro atoms. The molecule has 20 heavy (non-hydrogen) atoms. The highest BCUT2D eigenvalue weighted by Gasteiger charge is 2.26. The second-order valence-corrected chi connectivity index (χ2v) is 6.30. The molecule has 114 valence electrons. The van der Waals surface area contributed by atoms with Gasteiger partial charge in [-0.1, -0.05) is 20.8 Å². The predicted molar refractivity (Wildman–Crippen MR) is 82.5 cm³/mol. The number of nitrogens with zero attached hydrogens (tertiary/aromatic N) is 2. The van der Waals surface area contributed by atoms with E-state index in [0.29, 0.717) is 11.7 Å². The minimum absolute atomic E-state index is 0. The van der Waals surface area contributed by atoms with Crippen LogP contribution in [0, 0.1) is 0 Å². The highest BCUT2D eigenvalue weighted by atomic mass is 35.5. The van der Waals surface area contributed by atoms with E-state index in [1.54, 1.807) is 0 Å². The smallest absolute Gasteiger partial charge is 0.274 e. The number of carbonyl (C=O) groups excluding carboxylic acids is 1. The summed E-state index contributed by atoms with van der Waals surface area (Å²) in [6.45, 7) is 7.91. The van der Waals surface area contributed by atoms with Crippen molar-refractivity contribution in [3.05, 3.63) is 17.5 Å². The van der Waals surface area contributed by atoms with Crippen LogP contribution in [0.1, 0.15) is 49.8 Å². The van der Waals surface area contributed by atoms with Gasteiger partial charge in [0, 0.05) is 30.2 Å². The van der Waals surface area contributed by atoms with Gasteiger partial charge in [0.1, 0.15) is 5.69 Å². The van der Waals surface area contributed by atoms with Gasteiger partial charge in [-0.3, -0.25) is 9.89 Å². The summed E-state index contributed by atoms with van der Waals surface area (Å²) in [5, 5.41) is 10.4. The van der Waals surface area contributed by atoms with Crippen LogP contribution in [0.25, 0.3) is 0 Å². The Morgan fingerprint density at radius 3 is 2.75 bits per heavy atom. The number of rotatable bonds is 2. The highest BCUT2D eigenvalue weighted by molar-refractivity contribution is 5.92. The number of likely N-dealkylation sites (tertiary alicyclic amines) is 1. The molecule has 5 nitrogen and oxygen atoms in total. The quantitative estimate of drug-likeness (QED) is 0.877. The van der Waals surface area contributed by atoms with Crippen LogP contribution in [-0.4, -0.2) is 47.2 Å². The normalized spacial score (nSPS) is 19.6. The number of amides is 1. The highest BCUT2D eigenvalue weighted by Crippen LogP contribution is 2.21. The largest absolute Gasteiger partial charge is 0.336 e. The van der Waals surface area contributed by atoms with Crippen LogP contribution in [0.3, 0.4) is 0 Å². The molecule has 1 amide bonds. The maximum atomic E-state index is 12.4. The molecule has 0 aliphatic carbocycles. The van der Waals surface area contributed by atoms with Crippen molar-refractivity contribution in [2.45, 2.75) is 45.1 Å². The van der Waals surface area contributed by atoms with Gasteiger partial charge in [-0.05, 0) is 26.0 Å². The minimum atomic E-state index is -0.0130. The van der Waals surface area contributed by atoms with Crippen LogP contribution < -0.4 is 5.32 Å². The molecule has 1 saturated heterocycles. The Bertz CT molecular complexity index is 452. The molecule has 1 atom stereocenters. The molecule has 0 radical (unpaired) electrons. The molecule has 1 aliphatic rings. The first-order valence-electron chi connectivity index (χ1n) is 6.94. The van der Waals surface area contributed by atoms with Crippen molar-refractivity contribution < 1.29 is 4.79 Å². The van der Waals surface area contributed by atoms with Crippen molar-refractivity contribution >= 4 is 18.3 Å². The summed E-state index contributed by atoms with van der Waals surface area (Å²) in [5.74, 6) is 0.0340. The summed E-state index contributed by atoms with van der Waals surface area (Å²) in [6, 6.07) is 2.28. The van der Waals surface area contributed by atoms with Gasteiger partial charge in [-0.15, -0.1) is 12.4 Å². The summed E-state index contributed by atoms with van der Waals surface area (Å²) in [7, 11) is 1.95. The van der Waals surface area contributed by atoms with Crippen LogP contribution in [0.4, 0.5) is 0 Å². The van der Waals surface area contributed by atoms with E-state index < -0.39 is 0 Å². The molecule has 1 aromatic rings. The van der Waals surface area contributed by atoms with Crippen molar-refractivity contribution in [3.63, 3.8) is 0 Å². The number of aromatic amines is 1. The lowest BCUT2D eigenvalue weighted by Crippen LogP contribution is -2.47. The Morgan fingerprint density at radius 1 is 1.50 bits per heavy atom. The van der Waals surface area contributed by atoms with Crippen molar-refractivity contribution in [2.75, 3.05) is 20.1 Å². The predicted octanol–water partition coefficient (Wildman–Crippen LogP) is 1.95. The van der Waals surface area contributed by atoms with Gasteiger partial charge in [-0.25, -0.2) is 0 Å². The molecule has 0 aromatic carbocycles. The summed E-state index contributed by atoms with van der Waals surface area (Å²) in [6.07, 6.45) is 2.18. The molecule has 1 unspecified atom stereocenters. The number of aromatic nitrogens is 2. The molecule has 6 heteroatoms. The van der Waals surface area contributed by atoms with Crippen molar-refractivity contribution in [1.82, 2.24) is 20.4 Å². The first kappa shape index (κ1) is 17.0. The molecule has 1 fully saturated rings. The maximum Gasteiger partial charge on any atom is 0.274 e. The lowest BCUT2D eigenvalue weighted by atomic mass is 9.92. The fourth-order valence-electron chi connectivity index (χ4n) is 2.37. The van der Waals surface area contributed by atoms with Crippen molar-refractivity contribution in [2.24, 2.45) is 0 Å². The van der Waals surface area contributed by atoms with Gasteiger partial charge in [-0.2, -0.15) is 5.10 Å². The van der Waals surface area contributed by atoms with Crippen LogP contribution in [0.5, 0.6) is 0 Å². The summed E-state index contributed by atoms with van der Waals surface area (Å²) in [5.41, 5.74) is 1.51. The number of hydrogen-bond donors (Lipinski definition) is 2. The van der Waals surface area contributed by atoms with E-state index in [1.165, 1.54) is 0 Å². The molecule has 0 saturated carbocycles. The summed E-state index contributed by atoms with van der Waals surface area (Å²) >= 11 is 0. The SMILES string of the molecule is CNC1CCCN(C(=O)c2cc(C(C)(C)C)[nH]n2)C1.Cl. The van der Waals surface area contributed by atoms with E-state index in [9.17, 15) is 4.79 Å². The molecule has 0 bridgehead atoms. The third-order valence-electron chi connectivity index (χ3n) is 3.72. The van der Waals surface area contributed by atoms with Crippen LogP contribution >= 0.6 is 12.4 Å². The van der Waals surface area contributed by atoms with E-state index in [1.807, 2.05) is 18.0 Å². The topological polar surface area (TPSA) is 61.0 Å². The first-order chi connectivity index (χ1) is 8.91. The van der Waals surface area contributed by atoms with Crippen molar-refractivity contribution in [3.8, 4) is 0 Å². The zero-order chi connectivity index (χ0) is 14.0. The molecule has 2 rings (SSSR count). The lowest BCUT2D eigenvalue weighted by molar-refractivity contribution is 0.0692. The number of nitrogens with one attached hydrogen (secondary N) is 2. The lowest BCUT2D eigenvalue weighted by Gasteiger charge is -2.32. The Balaban J connectivity index is 0.00000200. The van der Waals surface area contributed by atoms with Gasteiger partial charge in [0.05, 0.1) is 0 Å². The zero-order valence-electron chi connectivity index (χ0n) is 12.7. The maximum absolute atomic E-state index is 12.4. The van der Waals surface area contributed by atoms with Gasteiger partial charge < -0.3 is 10.2 Å². The Kier molecular flexibility index (Phi) is 5.59. The Morgan fingerprint density at radius 2 is 2.20 bits per heavy atom. The van der Waals surface area contributed by atoms with Crippen molar-refractivity contribution in [1.29, 1.82) is 0 Å². The number of piperidine rings is 1. The minimum Gasteiger partial charge on any atom is -0.336 e. The van der Waals surface area contributed by atoms with Crippen LogP contribution in [0.15, 0.2) is 6.07 Å².